The highest BCUT2D eigenvalue weighted by molar-refractivity contribution is 7.89. The molecule has 0 aliphatic heterocycles. The first-order valence-electron chi connectivity index (χ1n) is 5.29. The molecule has 0 amide bonds. The zero-order valence-corrected chi connectivity index (χ0v) is 11.9. The van der Waals surface area contributed by atoms with Crippen LogP contribution in [0.2, 0.25) is 0 Å². The van der Waals surface area contributed by atoms with Gasteiger partial charge in [0, 0.05) is 35.4 Å². The van der Waals surface area contributed by atoms with Crippen molar-refractivity contribution >= 4 is 20.8 Å². The first kappa shape index (κ1) is 17.1. The fourth-order valence-corrected chi connectivity index (χ4v) is 3.12. The van der Waals surface area contributed by atoms with E-state index in [1.165, 1.54) is 6.26 Å². The van der Waals surface area contributed by atoms with E-state index in [4.69, 9.17) is 0 Å². The Labute approximate surface area is 115 Å². The van der Waals surface area contributed by atoms with Gasteiger partial charge in [0.15, 0.2) is 28.2 Å². The number of rotatable bonds is 6. The average Bonchev–Trinajstić information content (AvgIpc) is 2.32. The molecule has 1 aromatic carbocycles. The van der Waals surface area contributed by atoms with Crippen LogP contribution in [-0.4, -0.2) is 31.2 Å². The second-order valence-corrected chi connectivity index (χ2v) is 7.08. The van der Waals surface area contributed by atoms with E-state index in [9.17, 15) is 30.2 Å². The highest BCUT2D eigenvalue weighted by Crippen LogP contribution is 2.23. The molecule has 0 radical (unpaired) electrons. The molecule has 10 heteroatoms. The Morgan fingerprint density at radius 3 is 2.10 bits per heavy atom. The molecule has 20 heavy (non-hydrogen) atoms. The summed E-state index contributed by atoms with van der Waals surface area (Å²) in [5.41, 5.74) is 0. The third-order valence-electron chi connectivity index (χ3n) is 2.24. The molecule has 0 aromatic heterocycles. The Morgan fingerprint density at radius 1 is 1.15 bits per heavy atom. The minimum Gasteiger partial charge on any atom is -0.260 e. The highest BCUT2D eigenvalue weighted by Gasteiger charge is 2.29. The topological polar surface area (TPSA) is 63.2 Å². The lowest BCUT2D eigenvalue weighted by Gasteiger charge is -2.09. The van der Waals surface area contributed by atoms with Crippen LogP contribution in [0.4, 0.5) is 17.6 Å². The van der Waals surface area contributed by atoms with Crippen LogP contribution in [-0.2, 0) is 20.8 Å². The Bertz CT molecular complexity index is 608. The van der Waals surface area contributed by atoms with Gasteiger partial charge in [0.05, 0.1) is 0 Å². The molecule has 0 spiro atoms. The molecular formula is C10H11F4NO3S2. The molecule has 0 aliphatic rings. The normalized spacial score (nSPS) is 13.4. The van der Waals surface area contributed by atoms with Gasteiger partial charge >= 0.3 is 0 Å². The second kappa shape index (κ2) is 6.64. The maximum Gasteiger partial charge on any atom is 0.246 e. The van der Waals surface area contributed by atoms with Gasteiger partial charge in [-0.2, -0.15) is 0 Å². The SMILES string of the molecule is C[S@@](=O)CCCNS(=O)(=O)c1c(F)c(F)cc(F)c1F. The van der Waals surface area contributed by atoms with Crippen LogP contribution in [0.15, 0.2) is 11.0 Å². The molecule has 114 valence electrons. The van der Waals surface area contributed by atoms with Crippen LogP contribution in [0.25, 0.3) is 0 Å². The van der Waals surface area contributed by atoms with E-state index < -0.39 is 49.0 Å². The van der Waals surface area contributed by atoms with E-state index in [0.29, 0.717) is 0 Å². The lowest BCUT2D eigenvalue weighted by atomic mass is 10.3. The van der Waals surface area contributed by atoms with Crippen molar-refractivity contribution in [3.63, 3.8) is 0 Å². The van der Waals surface area contributed by atoms with Crippen molar-refractivity contribution in [3.8, 4) is 0 Å². The predicted octanol–water partition coefficient (Wildman–Crippen LogP) is 1.29. The van der Waals surface area contributed by atoms with Crippen LogP contribution >= 0.6 is 0 Å². The standard InChI is InChI=1S/C10H11F4NO3S2/c1-19(16)4-2-3-15-20(17,18)10-8(13)6(11)5-7(12)9(10)14/h5,15H,2-4H2,1H3/t19-/m1/s1. The van der Waals surface area contributed by atoms with E-state index >= 15 is 0 Å². The lowest BCUT2D eigenvalue weighted by Crippen LogP contribution is -2.28. The van der Waals surface area contributed by atoms with Crippen molar-refractivity contribution < 1.29 is 30.2 Å². The minimum absolute atomic E-state index is 0.0794. The summed E-state index contributed by atoms with van der Waals surface area (Å²) >= 11 is 0. The number of sulfonamides is 1. The molecule has 1 N–H and O–H groups in total. The first-order chi connectivity index (χ1) is 9.16. The van der Waals surface area contributed by atoms with Crippen molar-refractivity contribution in [2.45, 2.75) is 11.3 Å². The molecule has 1 aromatic rings. The molecule has 0 unspecified atom stereocenters. The van der Waals surface area contributed by atoms with Gasteiger partial charge in [-0.05, 0) is 6.42 Å². The van der Waals surface area contributed by atoms with Gasteiger partial charge in [0.2, 0.25) is 10.0 Å². The summed E-state index contributed by atoms with van der Waals surface area (Å²) in [6, 6.07) is -0.0794. The van der Waals surface area contributed by atoms with E-state index in [1.807, 2.05) is 0 Å². The summed E-state index contributed by atoms with van der Waals surface area (Å²) in [6.45, 7) is -0.265. The maximum atomic E-state index is 13.3. The maximum absolute atomic E-state index is 13.3. The number of nitrogens with one attached hydrogen (secondary N) is 1. The van der Waals surface area contributed by atoms with Gasteiger partial charge in [-0.3, -0.25) is 4.21 Å². The van der Waals surface area contributed by atoms with Gasteiger partial charge < -0.3 is 0 Å². The number of benzene rings is 1. The Hall–Kier alpha value is -1.00. The van der Waals surface area contributed by atoms with Crippen molar-refractivity contribution in [1.29, 1.82) is 0 Å². The molecule has 1 rings (SSSR count). The molecule has 0 fully saturated rings. The highest BCUT2D eigenvalue weighted by atomic mass is 32.2. The molecule has 0 bridgehead atoms. The van der Waals surface area contributed by atoms with Crippen LogP contribution in [0.1, 0.15) is 6.42 Å². The average molecular weight is 333 g/mol. The van der Waals surface area contributed by atoms with Crippen molar-refractivity contribution in [1.82, 2.24) is 4.72 Å². The molecule has 0 saturated heterocycles. The lowest BCUT2D eigenvalue weighted by molar-refractivity contribution is 0.418. The van der Waals surface area contributed by atoms with E-state index in [-0.39, 0.29) is 24.8 Å². The van der Waals surface area contributed by atoms with Crippen molar-refractivity contribution in [2.24, 2.45) is 0 Å². The van der Waals surface area contributed by atoms with Gasteiger partial charge in [0.1, 0.15) is 0 Å². The monoisotopic (exact) mass is 333 g/mol. The zero-order chi connectivity index (χ0) is 15.5. The van der Waals surface area contributed by atoms with Crippen LogP contribution in [0, 0.1) is 23.3 Å². The smallest absolute Gasteiger partial charge is 0.246 e. The Balaban J connectivity index is 3.01. The quantitative estimate of drug-likeness (QED) is 0.485. The fourth-order valence-electron chi connectivity index (χ4n) is 1.34. The molecule has 0 saturated carbocycles. The van der Waals surface area contributed by atoms with Crippen molar-refractivity contribution in [3.05, 3.63) is 29.3 Å². The van der Waals surface area contributed by atoms with Crippen LogP contribution < -0.4 is 4.72 Å². The van der Waals surface area contributed by atoms with Crippen LogP contribution in [0.3, 0.4) is 0 Å². The minimum atomic E-state index is -4.74. The van der Waals surface area contributed by atoms with E-state index in [1.54, 1.807) is 4.72 Å². The second-order valence-electron chi connectivity index (χ2n) is 3.83. The van der Waals surface area contributed by atoms with Gasteiger partial charge in [-0.1, -0.05) is 0 Å². The summed E-state index contributed by atoms with van der Waals surface area (Å²) in [5.74, 6) is -7.42. The number of halogens is 4. The molecule has 4 nitrogen and oxygen atoms in total. The summed E-state index contributed by atoms with van der Waals surface area (Å²) in [7, 11) is -5.90. The Kier molecular flexibility index (Phi) is 5.66. The molecule has 1 atom stereocenters. The summed E-state index contributed by atoms with van der Waals surface area (Å²) < 4.78 is 88.3. The van der Waals surface area contributed by atoms with Gasteiger partial charge in [-0.15, -0.1) is 0 Å². The molecular weight excluding hydrogens is 322 g/mol. The fraction of sp³-hybridized carbons (Fsp3) is 0.400. The summed E-state index contributed by atoms with van der Waals surface area (Å²) in [4.78, 5) is -1.70. The first-order valence-corrected chi connectivity index (χ1v) is 8.50. The number of hydrogen-bond acceptors (Lipinski definition) is 3. The molecule has 0 heterocycles. The predicted molar refractivity (Wildman–Crippen MR) is 65.0 cm³/mol. The van der Waals surface area contributed by atoms with Gasteiger partial charge in [-0.25, -0.2) is 30.7 Å². The number of hydrogen-bond donors (Lipinski definition) is 1. The zero-order valence-electron chi connectivity index (χ0n) is 10.3. The van der Waals surface area contributed by atoms with Gasteiger partial charge in [0.25, 0.3) is 0 Å². The Morgan fingerprint density at radius 2 is 1.65 bits per heavy atom. The largest absolute Gasteiger partial charge is 0.260 e. The van der Waals surface area contributed by atoms with Crippen molar-refractivity contribution in [2.75, 3.05) is 18.6 Å². The summed E-state index contributed by atoms with van der Waals surface area (Å²) in [6.07, 6.45) is 1.54. The molecule has 0 aliphatic carbocycles. The summed E-state index contributed by atoms with van der Waals surface area (Å²) in [5, 5.41) is 0. The third kappa shape index (κ3) is 4.00. The van der Waals surface area contributed by atoms with Crippen LogP contribution in [0.5, 0.6) is 0 Å². The third-order valence-corrected chi connectivity index (χ3v) is 4.58. The van der Waals surface area contributed by atoms with E-state index in [0.717, 1.165) is 0 Å². The van der Waals surface area contributed by atoms with E-state index in [2.05, 4.69) is 0 Å².